The summed E-state index contributed by atoms with van der Waals surface area (Å²) in [4.78, 5) is 24.2. The van der Waals surface area contributed by atoms with E-state index in [-0.39, 0.29) is 23.8 Å². The SMILES string of the molecule is O=C(O)[C@@H]1C2CCC(CC2)[C@@H]1C(=O)NC1CCCCC1. The molecule has 2 N–H and O–H groups in total. The van der Waals surface area contributed by atoms with Gasteiger partial charge in [0.05, 0.1) is 11.8 Å². The Morgan fingerprint density at radius 1 is 0.800 bits per heavy atom. The minimum atomic E-state index is -0.761. The van der Waals surface area contributed by atoms with Crippen molar-refractivity contribution in [3.63, 3.8) is 0 Å². The summed E-state index contributed by atoms with van der Waals surface area (Å²) in [6, 6.07) is 0.283. The summed E-state index contributed by atoms with van der Waals surface area (Å²) in [5.74, 6) is -0.931. The van der Waals surface area contributed by atoms with Crippen LogP contribution in [0.1, 0.15) is 57.8 Å². The lowest BCUT2D eigenvalue weighted by molar-refractivity contribution is -0.158. The van der Waals surface area contributed by atoms with Crippen LogP contribution in [0.15, 0.2) is 0 Å². The molecule has 2 atom stereocenters. The van der Waals surface area contributed by atoms with Crippen molar-refractivity contribution >= 4 is 11.9 Å². The van der Waals surface area contributed by atoms with Crippen molar-refractivity contribution < 1.29 is 14.7 Å². The van der Waals surface area contributed by atoms with Gasteiger partial charge in [0.25, 0.3) is 0 Å². The zero-order chi connectivity index (χ0) is 14.1. The number of carboxylic acids is 1. The fourth-order valence-corrected chi connectivity index (χ4v) is 4.73. The lowest BCUT2D eigenvalue weighted by Crippen LogP contribution is -2.52. The highest BCUT2D eigenvalue weighted by atomic mass is 16.4. The first-order valence-corrected chi connectivity index (χ1v) is 8.20. The van der Waals surface area contributed by atoms with Gasteiger partial charge in [-0.1, -0.05) is 19.3 Å². The van der Waals surface area contributed by atoms with Gasteiger partial charge < -0.3 is 10.4 Å². The number of hydrogen-bond acceptors (Lipinski definition) is 2. The number of nitrogens with one attached hydrogen (secondary N) is 1. The van der Waals surface area contributed by atoms with Crippen molar-refractivity contribution in [1.29, 1.82) is 0 Å². The molecule has 0 aromatic carbocycles. The molecule has 20 heavy (non-hydrogen) atoms. The van der Waals surface area contributed by atoms with E-state index in [1.54, 1.807) is 0 Å². The van der Waals surface area contributed by atoms with E-state index in [1.807, 2.05) is 0 Å². The number of amides is 1. The number of rotatable bonds is 3. The predicted octanol–water partition coefficient (Wildman–Crippen LogP) is 2.57. The summed E-state index contributed by atoms with van der Waals surface area (Å²) in [6.45, 7) is 0. The molecule has 112 valence electrons. The lowest BCUT2D eigenvalue weighted by atomic mass is 9.58. The number of carbonyl (C=O) groups excluding carboxylic acids is 1. The lowest BCUT2D eigenvalue weighted by Gasteiger charge is -2.46. The molecule has 4 rings (SSSR count). The Hall–Kier alpha value is -1.06. The van der Waals surface area contributed by atoms with Gasteiger partial charge in [-0.05, 0) is 50.4 Å². The summed E-state index contributed by atoms with van der Waals surface area (Å²) in [7, 11) is 0. The number of aliphatic carboxylic acids is 1. The highest BCUT2D eigenvalue weighted by molar-refractivity contribution is 5.85. The Labute approximate surface area is 120 Å². The fraction of sp³-hybridized carbons (Fsp3) is 0.875. The molecule has 0 spiro atoms. The third-order valence-electron chi connectivity index (χ3n) is 5.76. The van der Waals surface area contributed by atoms with Crippen molar-refractivity contribution in [2.24, 2.45) is 23.7 Å². The third kappa shape index (κ3) is 2.57. The van der Waals surface area contributed by atoms with Crippen LogP contribution in [0.3, 0.4) is 0 Å². The molecule has 4 saturated carbocycles. The van der Waals surface area contributed by atoms with Crippen LogP contribution in [-0.2, 0) is 9.59 Å². The second kappa shape index (κ2) is 5.74. The summed E-state index contributed by atoms with van der Waals surface area (Å²) in [6.07, 6.45) is 9.82. The number of fused-ring (bicyclic) bond motifs is 3. The maximum atomic E-state index is 12.6. The molecule has 0 aromatic rings. The molecule has 4 aliphatic rings. The second-order valence-electron chi connectivity index (χ2n) is 6.91. The average Bonchev–Trinajstić information content (AvgIpc) is 2.48. The van der Waals surface area contributed by atoms with Crippen molar-refractivity contribution in [3.05, 3.63) is 0 Å². The second-order valence-corrected chi connectivity index (χ2v) is 6.91. The standard InChI is InChI=1S/C16H25NO3/c18-15(17-12-4-2-1-3-5-12)13-10-6-8-11(9-7-10)14(13)16(19)20/h10-14H,1-9H2,(H,17,18)(H,19,20)/t10?,11?,13-,14+/m0/s1. The van der Waals surface area contributed by atoms with Crippen LogP contribution >= 0.6 is 0 Å². The molecular weight excluding hydrogens is 254 g/mol. The molecule has 4 nitrogen and oxygen atoms in total. The predicted molar refractivity (Wildman–Crippen MR) is 75.1 cm³/mol. The van der Waals surface area contributed by atoms with Crippen molar-refractivity contribution in [1.82, 2.24) is 5.32 Å². The Bertz CT molecular complexity index is 381. The van der Waals surface area contributed by atoms with Gasteiger partial charge in [-0.3, -0.25) is 9.59 Å². The van der Waals surface area contributed by atoms with E-state index in [0.717, 1.165) is 38.5 Å². The number of carboxylic acid groups (broad SMARTS) is 1. The van der Waals surface area contributed by atoms with Gasteiger partial charge in [-0.2, -0.15) is 0 Å². The van der Waals surface area contributed by atoms with Crippen LogP contribution in [0.5, 0.6) is 0 Å². The molecule has 0 saturated heterocycles. The van der Waals surface area contributed by atoms with Gasteiger partial charge in [0.2, 0.25) is 5.91 Å². The minimum Gasteiger partial charge on any atom is -0.481 e. The van der Waals surface area contributed by atoms with Crippen molar-refractivity contribution in [2.75, 3.05) is 0 Å². The van der Waals surface area contributed by atoms with E-state index in [9.17, 15) is 14.7 Å². The Morgan fingerprint density at radius 2 is 1.35 bits per heavy atom. The zero-order valence-electron chi connectivity index (χ0n) is 12.0. The molecule has 1 amide bonds. The van der Waals surface area contributed by atoms with E-state index in [0.29, 0.717) is 5.92 Å². The topological polar surface area (TPSA) is 66.4 Å². The largest absolute Gasteiger partial charge is 0.481 e. The van der Waals surface area contributed by atoms with Gasteiger partial charge in [-0.15, -0.1) is 0 Å². The Kier molecular flexibility index (Phi) is 3.99. The van der Waals surface area contributed by atoms with E-state index in [4.69, 9.17) is 0 Å². The minimum absolute atomic E-state index is 0.0266. The van der Waals surface area contributed by atoms with Crippen LogP contribution in [-0.4, -0.2) is 23.0 Å². The van der Waals surface area contributed by atoms with Crippen LogP contribution in [0, 0.1) is 23.7 Å². The van der Waals surface area contributed by atoms with E-state index < -0.39 is 11.9 Å². The third-order valence-corrected chi connectivity index (χ3v) is 5.76. The zero-order valence-corrected chi connectivity index (χ0v) is 12.0. The average molecular weight is 279 g/mol. The molecule has 0 unspecified atom stereocenters. The molecule has 0 aromatic heterocycles. The Balaban J connectivity index is 1.69. The van der Waals surface area contributed by atoms with Gasteiger partial charge in [0.15, 0.2) is 0 Å². The van der Waals surface area contributed by atoms with E-state index >= 15 is 0 Å². The van der Waals surface area contributed by atoms with Gasteiger partial charge >= 0.3 is 5.97 Å². The van der Waals surface area contributed by atoms with Gasteiger partial charge in [0.1, 0.15) is 0 Å². The van der Waals surface area contributed by atoms with E-state index in [1.165, 1.54) is 19.3 Å². The normalized spacial score (nSPS) is 37.6. The fourth-order valence-electron chi connectivity index (χ4n) is 4.73. The van der Waals surface area contributed by atoms with Crippen LogP contribution in [0.25, 0.3) is 0 Å². The Morgan fingerprint density at radius 3 is 1.90 bits per heavy atom. The molecule has 4 heteroatoms. The molecule has 0 radical (unpaired) electrons. The maximum absolute atomic E-state index is 12.6. The molecule has 0 heterocycles. The monoisotopic (exact) mass is 279 g/mol. The number of hydrogen-bond donors (Lipinski definition) is 2. The van der Waals surface area contributed by atoms with Crippen LogP contribution in [0.2, 0.25) is 0 Å². The summed E-state index contributed by atoms with van der Waals surface area (Å²) >= 11 is 0. The quantitative estimate of drug-likeness (QED) is 0.834. The van der Waals surface area contributed by atoms with E-state index in [2.05, 4.69) is 5.32 Å². The van der Waals surface area contributed by atoms with Crippen molar-refractivity contribution in [3.8, 4) is 0 Å². The maximum Gasteiger partial charge on any atom is 0.307 e. The summed E-state index contributed by atoms with van der Waals surface area (Å²) < 4.78 is 0. The molecule has 4 fully saturated rings. The molecular formula is C16H25NO3. The summed E-state index contributed by atoms with van der Waals surface area (Å²) in [5.41, 5.74) is 0. The molecule has 0 aliphatic heterocycles. The first-order chi connectivity index (χ1) is 9.66. The number of carbonyl (C=O) groups is 2. The summed E-state index contributed by atoms with van der Waals surface area (Å²) in [5, 5.41) is 12.7. The van der Waals surface area contributed by atoms with Gasteiger partial charge in [0, 0.05) is 6.04 Å². The molecule has 4 aliphatic carbocycles. The smallest absolute Gasteiger partial charge is 0.307 e. The van der Waals surface area contributed by atoms with Crippen molar-refractivity contribution in [2.45, 2.75) is 63.8 Å². The van der Waals surface area contributed by atoms with Gasteiger partial charge in [-0.25, -0.2) is 0 Å². The highest BCUT2D eigenvalue weighted by Crippen LogP contribution is 2.49. The van der Waals surface area contributed by atoms with Crippen LogP contribution in [0.4, 0.5) is 0 Å². The highest BCUT2D eigenvalue weighted by Gasteiger charge is 2.50. The molecule has 2 bridgehead atoms. The van der Waals surface area contributed by atoms with Crippen LogP contribution < -0.4 is 5.32 Å². The first-order valence-electron chi connectivity index (χ1n) is 8.20. The first kappa shape index (κ1) is 13.9.